The molecular weight excluding hydrogens is 300 g/mol. The number of rotatable bonds is 2. The molecule has 0 saturated carbocycles. The van der Waals surface area contributed by atoms with Crippen LogP contribution in [0.5, 0.6) is 0 Å². The van der Waals surface area contributed by atoms with Crippen molar-refractivity contribution in [3.05, 3.63) is 60.3 Å². The zero-order chi connectivity index (χ0) is 17.1. The lowest BCUT2D eigenvalue weighted by molar-refractivity contribution is 0.501. The van der Waals surface area contributed by atoms with Gasteiger partial charge in [-0.05, 0) is 29.7 Å². The molecule has 0 unspecified atom stereocenters. The van der Waals surface area contributed by atoms with Crippen molar-refractivity contribution in [3.8, 4) is 0 Å². The van der Waals surface area contributed by atoms with Gasteiger partial charge >= 0.3 is 0 Å². The Kier molecular flexibility index (Phi) is 4.65. The van der Waals surface area contributed by atoms with Crippen LogP contribution in [0.4, 0.5) is 0 Å². The largest absolute Gasteiger partial charge is 0.443 e. The summed E-state index contributed by atoms with van der Waals surface area (Å²) in [6.45, 7) is 8.46. The smallest absolute Gasteiger partial charge is 0.198 e. The Bertz CT molecular complexity index is 901. The van der Waals surface area contributed by atoms with Gasteiger partial charge in [0.25, 0.3) is 0 Å². The number of aromatic nitrogens is 2. The Morgan fingerprint density at radius 3 is 2.29 bits per heavy atom. The molecule has 124 valence electrons. The molecule has 24 heavy (non-hydrogen) atoms. The summed E-state index contributed by atoms with van der Waals surface area (Å²) in [7, 11) is 0. The van der Waals surface area contributed by atoms with Crippen LogP contribution in [0, 0.1) is 0 Å². The highest BCUT2D eigenvalue weighted by Crippen LogP contribution is 2.23. The lowest BCUT2D eigenvalue weighted by Gasteiger charge is -2.03. The Morgan fingerprint density at radius 2 is 1.58 bits per heavy atom. The van der Waals surface area contributed by atoms with Crippen molar-refractivity contribution >= 4 is 22.2 Å². The van der Waals surface area contributed by atoms with E-state index in [2.05, 4.69) is 43.7 Å². The van der Waals surface area contributed by atoms with Gasteiger partial charge in [0.1, 0.15) is 11.0 Å². The molecule has 4 rings (SSSR count). The van der Waals surface area contributed by atoms with Gasteiger partial charge in [-0.1, -0.05) is 52.0 Å². The third kappa shape index (κ3) is 3.32. The molecule has 0 fully saturated rings. The minimum Gasteiger partial charge on any atom is -0.443 e. The highest BCUT2D eigenvalue weighted by molar-refractivity contribution is 5.76. The Morgan fingerprint density at radius 1 is 0.833 bits per heavy atom. The molecule has 2 heterocycles. The van der Waals surface area contributed by atoms with E-state index in [1.807, 2.05) is 36.4 Å². The van der Waals surface area contributed by atoms with Crippen LogP contribution in [0.15, 0.2) is 57.7 Å². The summed E-state index contributed by atoms with van der Waals surface area (Å²) in [6, 6.07) is 13.9. The first-order valence-electron chi connectivity index (χ1n) is 8.24. The zero-order valence-corrected chi connectivity index (χ0v) is 14.5. The van der Waals surface area contributed by atoms with Crippen LogP contribution in [0.3, 0.4) is 0 Å². The third-order valence-corrected chi connectivity index (χ3v) is 3.82. The van der Waals surface area contributed by atoms with Gasteiger partial charge in [-0.2, -0.15) is 0 Å². The van der Waals surface area contributed by atoms with Crippen LogP contribution >= 0.6 is 0 Å². The fourth-order valence-electron chi connectivity index (χ4n) is 2.51. The van der Waals surface area contributed by atoms with Crippen molar-refractivity contribution in [2.24, 2.45) is 0 Å². The monoisotopic (exact) mass is 322 g/mol. The van der Waals surface area contributed by atoms with Gasteiger partial charge in [0.2, 0.25) is 0 Å². The molecule has 2 aromatic carbocycles. The lowest BCUT2D eigenvalue weighted by atomic mass is 10.0. The van der Waals surface area contributed by atoms with Crippen molar-refractivity contribution < 1.29 is 8.83 Å². The van der Waals surface area contributed by atoms with Gasteiger partial charge in [0, 0.05) is 5.92 Å². The predicted octanol–water partition coefficient (Wildman–Crippen LogP) is 5.90. The second-order valence-electron chi connectivity index (χ2n) is 6.38. The summed E-state index contributed by atoms with van der Waals surface area (Å²) in [4.78, 5) is 8.52. The molecule has 0 aliphatic rings. The predicted molar refractivity (Wildman–Crippen MR) is 96.2 cm³/mol. The van der Waals surface area contributed by atoms with Gasteiger partial charge in [-0.3, -0.25) is 0 Å². The molecule has 0 spiro atoms. The highest BCUT2D eigenvalue weighted by Gasteiger charge is 2.08. The molecule has 0 atom stereocenters. The number of hydrogen-bond donors (Lipinski definition) is 0. The first kappa shape index (κ1) is 16.2. The topological polar surface area (TPSA) is 52.1 Å². The first-order chi connectivity index (χ1) is 11.6. The fraction of sp³-hybridized carbons (Fsp3) is 0.300. The molecule has 0 aliphatic carbocycles. The molecule has 0 amide bonds. The molecule has 4 heteroatoms. The summed E-state index contributed by atoms with van der Waals surface area (Å²) in [5, 5.41) is 0. The van der Waals surface area contributed by atoms with Crippen molar-refractivity contribution in [1.29, 1.82) is 0 Å². The quantitative estimate of drug-likeness (QED) is 0.461. The average Bonchev–Trinajstić information content (AvgIpc) is 3.21. The number of hydrogen-bond acceptors (Lipinski definition) is 4. The van der Waals surface area contributed by atoms with Gasteiger partial charge in [0.05, 0.1) is 0 Å². The van der Waals surface area contributed by atoms with Crippen LogP contribution in [-0.2, 0) is 0 Å². The van der Waals surface area contributed by atoms with E-state index in [-0.39, 0.29) is 0 Å². The molecule has 0 saturated heterocycles. The number of fused-ring (bicyclic) bond motifs is 2. The van der Waals surface area contributed by atoms with E-state index in [0.29, 0.717) is 11.8 Å². The van der Waals surface area contributed by atoms with Crippen molar-refractivity contribution in [2.75, 3.05) is 0 Å². The van der Waals surface area contributed by atoms with E-state index in [9.17, 15) is 0 Å². The van der Waals surface area contributed by atoms with Crippen molar-refractivity contribution in [1.82, 2.24) is 9.97 Å². The normalized spacial score (nSPS) is 11.2. The maximum absolute atomic E-state index is 5.52. The maximum atomic E-state index is 5.52. The molecule has 0 bridgehead atoms. The van der Waals surface area contributed by atoms with Gasteiger partial charge in [-0.15, -0.1) is 0 Å². The minimum atomic E-state index is 0.359. The second kappa shape index (κ2) is 6.87. The van der Waals surface area contributed by atoms with Crippen LogP contribution in [0.25, 0.3) is 22.2 Å². The van der Waals surface area contributed by atoms with Crippen LogP contribution in [0.1, 0.15) is 51.0 Å². The number of nitrogens with zero attached hydrogens (tertiary/aromatic N) is 2. The second-order valence-corrected chi connectivity index (χ2v) is 6.38. The number of benzene rings is 2. The van der Waals surface area contributed by atoms with E-state index < -0.39 is 0 Å². The number of oxazole rings is 2. The first-order valence-corrected chi connectivity index (χ1v) is 8.24. The van der Waals surface area contributed by atoms with E-state index in [4.69, 9.17) is 8.83 Å². The van der Waals surface area contributed by atoms with E-state index in [1.165, 1.54) is 12.0 Å². The van der Waals surface area contributed by atoms with Crippen LogP contribution < -0.4 is 0 Å². The van der Waals surface area contributed by atoms with Gasteiger partial charge < -0.3 is 8.83 Å². The summed E-state index contributed by atoms with van der Waals surface area (Å²) in [5.41, 5.74) is 4.94. The summed E-state index contributed by atoms with van der Waals surface area (Å²) in [5.74, 6) is 1.67. The Labute approximate surface area is 141 Å². The third-order valence-electron chi connectivity index (χ3n) is 3.82. The maximum Gasteiger partial charge on any atom is 0.198 e. The molecular formula is C20H22N2O2. The summed E-state index contributed by atoms with van der Waals surface area (Å²) >= 11 is 0. The average molecular weight is 322 g/mol. The molecule has 4 aromatic rings. The van der Waals surface area contributed by atoms with E-state index in [1.54, 1.807) is 0 Å². The standard InChI is InChI=1S/2C10H11NO/c1-7(2)8-4-3-5-9-10(8)11-6-12-9;1-7(2)10-11-8-5-3-4-6-9(8)12-10/h2*3-7H,1-2H3. The minimum absolute atomic E-state index is 0.359. The molecule has 2 aromatic heterocycles. The van der Waals surface area contributed by atoms with Gasteiger partial charge in [-0.25, -0.2) is 9.97 Å². The SMILES string of the molecule is CC(C)c1cccc2ocnc12.CC(C)c1nc2ccccc2o1. The molecule has 0 aliphatic heterocycles. The summed E-state index contributed by atoms with van der Waals surface area (Å²) in [6.07, 6.45) is 1.50. The summed E-state index contributed by atoms with van der Waals surface area (Å²) < 4.78 is 10.7. The number of para-hydroxylation sites is 3. The Hall–Kier alpha value is -2.62. The molecule has 0 radical (unpaired) electrons. The van der Waals surface area contributed by atoms with Crippen LogP contribution in [-0.4, -0.2) is 9.97 Å². The van der Waals surface area contributed by atoms with E-state index >= 15 is 0 Å². The van der Waals surface area contributed by atoms with E-state index in [0.717, 1.165) is 28.1 Å². The zero-order valence-electron chi connectivity index (χ0n) is 14.5. The lowest BCUT2D eigenvalue weighted by Crippen LogP contribution is -1.87. The van der Waals surface area contributed by atoms with Gasteiger partial charge in [0.15, 0.2) is 23.5 Å². The highest BCUT2D eigenvalue weighted by atomic mass is 16.3. The molecule has 0 N–H and O–H groups in total. The van der Waals surface area contributed by atoms with Crippen molar-refractivity contribution in [2.45, 2.75) is 39.5 Å². The fourth-order valence-corrected chi connectivity index (χ4v) is 2.51. The van der Waals surface area contributed by atoms with Crippen LogP contribution in [0.2, 0.25) is 0 Å². The Balaban J connectivity index is 0.000000141. The molecule has 4 nitrogen and oxygen atoms in total. The van der Waals surface area contributed by atoms with Crippen molar-refractivity contribution in [3.63, 3.8) is 0 Å².